The molecule has 19 heavy (non-hydrogen) atoms. The number of nitrogens with one attached hydrogen (secondary N) is 1. The van der Waals surface area contributed by atoms with Gasteiger partial charge in [0.25, 0.3) is 0 Å². The number of thiazole rings is 1. The lowest BCUT2D eigenvalue weighted by Gasteiger charge is -2.21. The molecule has 0 atom stereocenters. The van der Waals surface area contributed by atoms with Gasteiger partial charge in [-0.25, -0.2) is 4.98 Å². The summed E-state index contributed by atoms with van der Waals surface area (Å²) in [6.45, 7) is 6.04. The fourth-order valence-electron chi connectivity index (χ4n) is 1.80. The second kappa shape index (κ2) is 6.65. The van der Waals surface area contributed by atoms with Gasteiger partial charge in [0.1, 0.15) is 0 Å². The molecule has 0 aliphatic carbocycles. The van der Waals surface area contributed by atoms with Crippen molar-refractivity contribution in [2.75, 3.05) is 6.54 Å². The van der Waals surface area contributed by atoms with Gasteiger partial charge in [0, 0.05) is 30.5 Å². The van der Waals surface area contributed by atoms with Crippen molar-refractivity contribution >= 4 is 23.2 Å². The van der Waals surface area contributed by atoms with Crippen LogP contribution in [-0.4, -0.2) is 28.5 Å². The van der Waals surface area contributed by atoms with E-state index in [2.05, 4.69) is 10.3 Å². The van der Waals surface area contributed by atoms with Crippen LogP contribution in [0.2, 0.25) is 0 Å². The number of hydrogen-bond donors (Lipinski definition) is 2. The molecule has 1 rings (SSSR count). The molecule has 1 aromatic heterocycles. The molecule has 1 aromatic rings. The van der Waals surface area contributed by atoms with E-state index >= 15 is 0 Å². The van der Waals surface area contributed by atoms with Crippen LogP contribution in [0.25, 0.3) is 0 Å². The number of carbonyl (C=O) groups is 2. The maximum atomic E-state index is 11.7. The summed E-state index contributed by atoms with van der Waals surface area (Å²) in [5.74, 6) is -0.990. The molecule has 0 unspecified atom stereocenters. The van der Waals surface area contributed by atoms with Crippen LogP contribution >= 0.6 is 11.3 Å². The summed E-state index contributed by atoms with van der Waals surface area (Å²) in [6, 6.07) is 0. The largest absolute Gasteiger partial charge is 0.481 e. The number of carbonyl (C=O) groups excluding carboxylic acids is 1. The molecule has 0 spiro atoms. The lowest BCUT2D eigenvalue weighted by atomic mass is 9.85. The quantitative estimate of drug-likeness (QED) is 0.802. The molecule has 1 heterocycles. The minimum absolute atomic E-state index is 0.00784. The summed E-state index contributed by atoms with van der Waals surface area (Å²) < 4.78 is 0. The van der Waals surface area contributed by atoms with Gasteiger partial charge in [0.05, 0.1) is 11.4 Å². The molecule has 0 fully saturated rings. The molecule has 2 N–H and O–H groups in total. The zero-order chi connectivity index (χ0) is 14.5. The lowest BCUT2D eigenvalue weighted by molar-refractivity contribution is -0.139. The first-order valence-electron chi connectivity index (χ1n) is 6.18. The van der Waals surface area contributed by atoms with Crippen LogP contribution in [0.1, 0.15) is 37.4 Å². The van der Waals surface area contributed by atoms with Gasteiger partial charge in [-0.2, -0.15) is 0 Å². The number of aromatic nitrogens is 1. The van der Waals surface area contributed by atoms with E-state index in [1.807, 2.05) is 12.3 Å². The van der Waals surface area contributed by atoms with Crippen molar-refractivity contribution < 1.29 is 14.7 Å². The average molecular weight is 284 g/mol. The van der Waals surface area contributed by atoms with Crippen molar-refractivity contribution in [3.05, 3.63) is 16.1 Å². The molecular formula is C13H20N2O3S. The van der Waals surface area contributed by atoms with E-state index in [0.717, 1.165) is 10.7 Å². The van der Waals surface area contributed by atoms with E-state index in [1.165, 1.54) is 0 Å². The molecule has 6 heteroatoms. The predicted octanol–water partition coefficient (Wildman–Crippen LogP) is 2.00. The highest BCUT2D eigenvalue weighted by atomic mass is 32.1. The first-order chi connectivity index (χ1) is 8.78. The maximum absolute atomic E-state index is 11.7. The highest BCUT2D eigenvalue weighted by molar-refractivity contribution is 7.09. The molecule has 0 aliphatic rings. The number of amides is 1. The number of hydrogen-bond acceptors (Lipinski definition) is 4. The summed E-state index contributed by atoms with van der Waals surface area (Å²) in [6.07, 6.45) is 0.923. The molecule has 0 saturated heterocycles. The smallest absolute Gasteiger partial charge is 0.303 e. The predicted molar refractivity (Wildman–Crippen MR) is 74.2 cm³/mol. The van der Waals surface area contributed by atoms with Crippen molar-refractivity contribution in [3.63, 3.8) is 0 Å². The molecule has 0 bridgehead atoms. The fourth-order valence-corrected chi connectivity index (χ4v) is 2.57. The Bertz CT molecular complexity index is 454. The van der Waals surface area contributed by atoms with E-state index in [0.29, 0.717) is 13.0 Å². The maximum Gasteiger partial charge on any atom is 0.303 e. The van der Waals surface area contributed by atoms with Crippen molar-refractivity contribution in [3.8, 4) is 0 Å². The van der Waals surface area contributed by atoms with Crippen LogP contribution in [-0.2, 0) is 16.0 Å². The van der Waals surface area contributed by atoms with E-state index in [-0.39, 0.29) is 18.7 Å². The summed E-state index contributed by atoms with van der Waals surface area (Å²) in [7, 11) is 0. The molecule has 0 radical (unpaired) electrons. The Morgan fingerprint density at radius 3 is 2.63 bits per heavy atom. The summed E-state index contributed by atoms with van der Waals surface area (Å²) in [5.41, 5.74) is 0.474. The van der Waals surface area contributed by atoms with Crippen LogP contribution in [0.15, 0.2) is 5.38 Å². The van der Waals surface area contributed by atoms with Gasteiger partial charge in [-0.1, -0.05) is 13.8 Å². The second-order valence-electron chi connectivity index (χ2n) is 5.39. The number of carboxylic acid groups (broad SMARTS) is 1. The molecule has 0 saturated carbocycles. The number of aryl methyl sites for hydroxylation is 1. The zero-order valence-corrected chi connectivity index (χ0v) is 12.3. The van der Waals surface area contributed by atoms with E-state index in [1.54, 1.807) is 25.2 Å². The Hall–Kier alpha value is -1.43. The molecular weight excluding hydrogens is 264 g/mol. The van der Waals surface area contributed by atoms with Gasteiger partial charge in [-0.05, 0) is 12.3 Å². The van der Waals surface area contributed by atoms with Crippen LogP contribution in [0.5, 0.6) is 0 Å². The third kappa shape index (κ3) is 6.33. The number of nitrogens with zero attached hydrogens (tertiary/aromatic N) is 1. The van der Waals surface area contributed by atoms with Crippen LogP contribution in [0.3, 0.4) is 0 Å². The van der Waals surface area contributed by atoms with E-state index in [4.69, 9.17) is 5.11 Å². The van der Waals surface area contributed by atoms with Gasteiger partial charge < -0.3 is 10.4 Å². The van der Waals surface area contributed by atoms with E-state index in [9.17, 15) is 9.59 Å². The number of carboxylic acids is 1. The van der Waals surface area contributed by atoms with Crippen LogP contribution in [0.4, 0.5) is 0 Å². The Kier molecular flexibility index (Phi) is 5.47. The second-order valence-corrected chi connectivity index (χ2v) is 6.34. The van der Waals surface area contributed by atoms with Gasteiger partial charge in [-0.15, -0.1) is 11.3 Å². The third-order valence-electron chi connectivity index (χ3n) is 2.60. The molecule has 0 aliphatic heterocycles. The highest BCUT2D eigenvalue weighted by Crippen LogP contribution is 2.24. The van der Waals surface area contributed by atoms with Crippen molar-refractivity contribution in [1.29, 1.82) is 0 Å². The Morgan fingerprint density at radius 1 is 1.42 bits per heavy atom. The summed E-state index contributed by atoms with van der Waals surface area (Å²) in [4.78, 5) is 26.7. The van der Waals surface area contributed by atoms with Crippen molar-refractivity contribution in [2.45, 2.75) is 40.0 Å². The first kappa shape index (κ1) is 15.6. The average Bonchev–Trinajstić information content (AvgIpc) is 2.61. The lowest BCUT2D eigenvalue weighted by Crippen LogP contribution is -2.31. The monoisotopic (exact) mass is 284 g/mol. The van der Waals surface area contributed by atoms with Crippen molar-refractivity contribution in [2.24, 2.45) is 5.41 Å². The van der Waals surface area contributed by atoms with Gasteiger partial charge in [0.2, 0.25) is 5.91 Å². The topological polar surface area (TPSA) is 79.3 Å². The molecule has 0 aromatic carbocycles. The summed E-state index contributed by atoms with van der Waals surface area (Å²) in [5, 5.41) is 14.5. The Balaban J connectivity index is 2.29. The minimum atomic E-state index is -0.879. The Labute approximate surface area is 117 Å². The number of aliphatic carboxylic acids is 1. The molecule has 5 nitrogen and oxygen atoms in total. The summed E-state index contributed by atoms with van der Waals surface area (Å²) >= 11 is 1.58. The van der Waals surface area contributed by atoms with Gasteiger partial charge in [-0.3, -0.25) is 9.59 Å². The third-order valence-corrected chi connectivity index (χ3v) is 3.62. The number of rotatable bonds is 7. The normalized spacial score (nSPS) is 11.3. The van der Waals surface area contributed by atoms with Gasteiger partial charge >= 0.3 is 5.97 Å². The minimum Gasteiger partial charge on any atom is -0.481 e. The standard InChI is InChI=1S/C13H20N2O3S/c1-9-8-19-11(15-9)4-5-14-10(16)6-13(2,3)7-12(17)18/h8H,4-7H2,1-3H3,(H,14,16)(H,17,18). The molecule has 1 amide bonds. The highest BCUT2D eigenvalue weighted by Gasteiger charge is 2.24. The van der Waals surface area contributed by atoms with Crippen molar-refractivity contribution in [1.82, 2.24) is 10.3 Å². The van der Waals surface area contributed by atoms with E-state index < -0.39 is 11.4 Å². The SMILES string of the molecule is Cc1csc(CCNC(=O)CC(C)(C)CC(=O)O)n1. The fraction of sp³-hybridized carbons (Fsp3) is 0.615. The Morgan fingerprint density at radius 2 is 2.11 bits per heavy atom. The van der Waals surface area contributed by atoms with Crippen LogP contribution < -0.4 is 5.32 Å². The van der Waals surface area contributed by atoms with Gasteiger partial charge in [0.15, 0.2) is 0 Å². The van der Waals surface area contributed by atoms with Crippen LogP contribution in [0, 0.1) is 12.3 Å². The first-order valence-corrected chi connectivity index (χ1v) is 7.06. The zero-order valence-electron chi connectivity index (χ0n) is 11.5. The molecule has 106 valence electrons.